The van der Waals surface area contributed by atoms with Crippen LogP contribution in [0.4, 0.5) is 24.5 Å². The zero-order valence-electron chi connectivity index (χ0n) is 27.0. The van der Waals surface area contributed by atoms with Crippen molar-refractivity contribution in [3.63, 3.8) is 0 Å². The van der Waals surface area contributed by atoms with Gasteiger partial charge in [-0.15, -0.1) is 12.4 Å². The van der Waals surface area contributed by atoms with Crippen molar-refractivity contribution in [2.24, 2.45) is 7.99 Å². The van der Waals surface area contributed by atoms with E-state index in [1.807, 2.05) is 0 Å². The third-order valence-corrected chi connectivity index (χ3v) is 7.45. The topological polar surface area (TPSA) is 71.8 Å². The molecule has 0 bridgehead atoms. The molecule has 3 aromatic rings. The summed E-state index contributed by atoms with van der Waals surface area (Å²) in [6.07, 6.45) is -4.60. The van der Waals surface area contributed by atoms with Gasteiger partial charge in [0.2, 0.25) is 0 Å². The normalized spacial score (nSPS) is 11.3. The number of pyridine rings is 1. The Hall–Kier alpha value is -2.88. The molecule has 1 aromatic heterocycles. The van der Waals surface area contributed by atoms with E-state index < -0.39 is 23.3 Å². The maximum atomic E-state index is 12.4. The molecule has 3 rings (SSSR count). The van der Waals surface area contributed by atoms with Crippen molar-refractivity contribution < 1.29 is 37.1 Å². The number of Topliss-reactive ketones (excluding diaryl/α,β-unsaturated/α-hetero) is 2. The van der Waals surface area contributed by atoms with E-state index in [0.717, 1.165) is 39.5 Å². The molecular weight excluding hydrogens is 634 g/mol. The smallest absolute Gasteiger partial charge is 0.147 e. The quantitative estimate of drug-likeness (QED) is 0.223. The molecule has 10 heteroatoms. The molecule has 0 N–H and O–H groups in total. The van der Waals surface area contributed by atoms with Crippen molar-refractivity contribution >= 4 is 35.3 Å². The van der Waals surface area contributed by atoms with E-state index in [9.17, 15) is 22.8 Å². The first kappa shape index (κ1) is 39.1. The molecular formula is C34H43ClCoF3N3O2. The maximum absolute atomic E-state index is 12.4. The van der Waals surface area contributed by atoms with E-state index in [-0.39, 0.29) is 23.8 Å². The van der Waals surface area contributed by atoms with Crippen molar-refractivity contribution in [2.75, 3.05) is 0 Å². The number of hydrogen-bond acceptors (Lipinski definition) is 5. The summed E-state index contributed by atoms with van der Waals surface area (Å²) < 4.78 is 47.2. The Balaban J connectivity index is 0.000000488. The van der Waals surface area contributed by atoms with E-state index in [4.69, 9.17) is 7.99 Å². The van der Waals surface area contributed by atoms with E-state index in [1.54, 1.807) is 0 Å². The fourth-order valence-corrected chi connectivity index (χ4v) is 5.13. The summed E-state index contributed by atoms with van der Waals surface area (Å²) >= 11 is 0.800. The van der Waals surface area contributed by atoms with Gasteiger partial charge in [-0.3, -0.25) is 9.59 Å². The van der Waals surface area contributed by atoms with E-state index >= 15 is 0 Å². The number of halogens is 4. The van der Waals surface area contributed by atoms with Gasteiger partial charge >= 0.3 is 178 Å². The molecule has 0 atom stereocenters. The number of benzene rings is 2. The number of alkyl halides is 3. The average Bonchev–Trinajstić information content (AvgIpc) is 2.92. The van der Waals surface area contributed by atoms with Gasteiger partial charge in [0.25, 0.3) is 0 Å². The monoisotopic (exact) mass is 676 g/mol. The molecule has 5 nitrogen and oxygen atoms in total. The predicted molar refractivity (Wildman–Crippen MR) is 170 cm³/mol. The number of carbonyl (C=O) groups excluding carboxylic acids is 2. The third-order valence-electron chi connectivity index (χ3n) is 6.77. The van der Waals surface area contributed by atoms with E-state index in [1.165, 1.54) is 22.3 Å². The summed E-state index contributed by atoms with van der Waals surface area (Å²) in [6.45, 7) is 20.0. The van der Waals surface area contributed by atoms with Gasteiger partial charge in [0.15, 0.2) is 11.6 Å². The Labute approximate surface area is 271 Å². The Bertz CT molecular complexity index is 1370. The summed E-state index contributed by atoms with van der Waals surface area (Å²) in [5.41, 5.74) is 5.72. The second-order valence-electron chi connectivity index (χ2n) is 11.6. The van der Waals surface area contributed by atoms with Crippen molar-refractivity contribution in [2.45, 2.75) is 99.1 Å². The Morgan fingerprint density at radius 1 is 0.659 bits per heavy atom. The minimum Gasteiger partial charge on any atom is -0.147 e. The van der Waals surface area contributed by atoms with Crippen LogP contribution in [0.25, 0.3) is 0 Å². The summed E-state index contributed by atoms with van der Waals surface area (Å²) in [5.74, 6) is 0.567. The molecule has 0 amide bonds. The van der Waals surface area contributed by atoms with Crippen LogP contribution in [0.15, 0.2) is 56.5 Å². The van der Waals surface area contributed by atoms with Crippen LogP contribution in [0.2, 0.25) is 0 Å². The van der Waals surface area contributed by atoms with Gasteiger partial charge in [-0.05, 0) is 12.1 Å². The summed E-state index contributed by atoms with van der Waals surface area (Å²) in [5, 5.41) is 0. The second-order valence-corrected chi connectivity index (χ2v) is 12.3. The van der Waals surface area contributed by atoms with Crippen LogP contribution in [0.1, 0.15) is 142 Å². The minimum absolute atomic E-state index is 0. The molecule has 243 valence electrons. The summed E-state index contributed by atoms with van der Waals surface area (Å²) in [7, 11) is 0. The molecule has 0 saturated carbocycles. The van der Waals surface area contributed by atoms with Crippen LogP contribution in [-0.4, -0.2) is 16.6 Å². The van der Waals surface area contributed by atoms with Crippen molar-refractivity contribution in [3.8, 4) is 0 Å². The molecule has 0 radical (unpaired) electrons. The Kier molecular flexibility index (Phi) is 15.1. The zero-order valence-corrected chi connectivity index (χ0v) is 28.8. The van der Waals surface area contributed by atoms with Crippen LogP contribution >= 0.6 is 12.4 Å². The van der Waals surface area contributed by atoms with Gasteiger partial charge in [-0.1, -0.05) is 0 Å². The van der Waals surface area contributed by atoms with Crippen LogP contribution in [-0.2, 0) is 20.5 Å². The summed E-state index contributed by atoms with van der Waals surface area (Å²) in [6, 6.07) is 14.4. The van der Waals surface area contributed by atoms with Gasteiger partial charge in [0, 0.05) is 13.8 Å². The van der Waals surface area contributed by atoms with Crippen molar-refractivity contribution in [1.29, 1.82) is 0 Å². The van der Waals surface area contributed by atoms with E-state index in [0.29, 0.717) is 35.8 Å². The maximum Gasteiger partial charge on any atom is -0.147 e. The average molecular weight is 677 g/mol. The predicted octanol–water partition coefficient (Wildman–Crippen LogP) is 11.5. The number of hydrogen-bond donors (Lipinski definition) is 0. The van der Waals surface area contributed by atoms with Gasteiger partial charge < -0.3 is 0 Å². The van der Waals surface area contributed by atoms with Gasteiger partial charge in [0.05, 0.1) is 5.56 Å². The number of carbonyl (C=O) groups is 2. The van der Waals surface area contributed by atoms with Gasteiger partial charge in [-0.25, -0.2) is 4.98 Å². The van der Waals surface area contributed by atoms with Crippen LogP contribution in [0, 0.1) is 0 Å². The number of nitrogens with zero attached hydrogens (tertiary/aromatic N) is 3. The van der Waals surface area contributed by atoms with Crippen LogP contribution in [0.5, 0.6) is 0 Å². The molecule has 0 fully saturated rings. The molecule has 1 heterocycles. The second kappa shape index (κ2) is 17.0. The number of rotatable bonds is 8. The first-order valence-electron chi connectivity index (χ1n) is 14.3. The molecule has 0 saturated heterocycles. The summed E-state index contributed by atoms with van der Waals surface area (Å²) in [4.78, 5) is 25.5. The fourth-order valence-electron chi connectivity index (χ4n) is 4.33. The third kappa shape index (κ3) is 10.6. The molecule has 0 spiro atoms. The molecule has 0 aliphatic heterocycles. The first-order chi connectivity index (χ1) is 19.9. The van der Waals surface area contributed by atoms with Crippen LogP contribution < -0.4 is 0 Å². The molecule has 0 aliphatic rings. The van der Waals surface area contributed by atoms with E-state index in [2.05, 4.69) is 96.8 Å². The fraction of sp³-hybridized carbons (Fsp3) is 0.441. The van der Waals surface area contributed by atoms with Crippen molar-refractivity contribution in [3.05, 3.63) is 87.7 Å². The zero-order chi connectivity index (χ0) is 32.6. The largest absolute Gasteiger partial charge is 0.147 e. The number of ketones is 2. The Morgan fingerprint density at radius 3 is 1.18 bits per heavy atom. The molecule has 0 aliphatic carbocycles. The SMILES string of the molecule is CC(=O)c1cc(C(F)(F)F)cc(C(C)=O)n1.CC(C)c1cccc(C(C)C)c1[N]=[Co]=[N]c1c(C(C)C)cccc1C(C)C.Cl. The van der Waals surface area contributed by atoms with Crippen molar-refractivity contribution in [1.82, 2.24) is 4.98 Å². The number of aromatic nitrogens is 1. The molecule has 2 aromatic carbocycles. The molecule has 44 heavy (non-hydrogen) atoms. The van der Waals surface area contributed by atoms with Gasteiger partial charge in [0.1, 0.15) is 11.4 Å². The van der Waals surface area contributed by atoms with Gasteiger partial charge in [-0.2, -0.15) is 13.2 Å². The first-order valence-corrected chi connectivity index (χ1v) is 15.3. The standard InChI is InChI=1S/2C12H17N.C10H8F3NO2.ClH.Co/c2*1-8(2)10-6-5-7-11(9(3)4)12(10)13;1-5(15)8-3-7(10(11,12)13)4-9(14-8)6(2)16;;/h2*5-9H,1-4H3;3-4H,1-2H3;1H;. The van der Waals surface area contributed by atoms with Crippen LogP contribution in [0.3, 0.4) is 0 Å². The molecule has 0 unspecified atom stereocenters. The Morgan fingerprint density at radius 2 is 0.955 bits per heavy atom. The minimum atomic E-state index is -4.60.